The van der Waals surface area contributed by atoms with Crippen molar-refractivity contribution in [2.45, 2.75) is 44.7 Å². The number of amides is 2. The van der Waals surface area contributed by atoms with Crippen LogP contribution >= 0.6 is 0 Å². The Balaban J connectivity index is 1.55. The Morgan fingerprint density at radius 3 is 2.90 bits per heavy atom. The number of rotatable bonds is 3. The summed E-state index contributed by atoms with van der Waals surface area (Å²) in [5.74, 6) is -0.467. The third-order valence-corrected chi connectivity index (χ3v) is 3.88. The van der Waals surface area contributed by atoms with Crippen LogP contribution in [-0.2, 0) is 6.54 Å². The molecule has 1 aliphatic rings. The number of carbonyl (C=O) groups excluding carboxylic acids is 1. The summed E-state index contributed by atoms with van der Waals surface area (Å²) in [4.78, 5) is 25.5. The zero-order valence-electron chi connectivity index (χ0n) is 11.8. The van der Waals surface area contributed by atoms with Gasteiger partial charge in [-0.3, -0.25) is 4.98 Å². The van der Waals surface area contributed by atoms with Crippen LogP contribution in [0.3, 0.4) is 0 Å². The lowest BCUT2D eigenvalue weighted by molar-refractivity contribution is 0.232. The molecule has 21 heavy (non-hydrogen) atoms. The normalized spacial score (nSPS) is 16.0. The molecule has 0 atom stereocenters. The number of urea groups is 1. The molecule has 1 fully saturated rings. The van der Waals surface area contributed by atoms with E-state index in [-0.39, 0.29) is 6.03 Å². The van der Waals surface area contributed by atoms with Crippen LogP contribution in [0.1, 0.15) is 37.7 Å². The number of carbonyl (C=O) groups is 1. The van der Waals surface area contributed by atoms with Crippen LogP contribution in [0, 0.1) is 0 Å². The minimum absolute atomic E-state index is 0.141. The Morgan fingerprint density at radius 1 is 1.29 bits per heavy atom. The summed E-state index contributed by atoms with van der Waals surface area (Å²) in [7, 11) is 0. The molecule has 6 nitrogen and oxygen atoms in total. The quantitative estimate of drug-likeness (QED) is 0.810. The Labute approximate surface area is 121 Å². The zero-order valence-corrected chi connectivity index (χ0v) is 11.8. The molecule has 0 bridgehead atoms. The van der Waals surface area contributed by atoms with E-state index in [1.807, 2.05) is 6.07 Å². The van der Waals surface area contributed by atoms with Crippen LogP contribution in [0.2, 0.25) is 0 Å². The van der Waals surface area contributed by atoms with Gasteiger partial charge in [0.1, 0.15) is 0 Å². The van der Waals surface area contributed by atoms with E-state index < -0.39 is 5.76 Å². The monoisotopic (exact) mass is 289 g/mol. The van der Waals surface area contributed by atoms with E-state index in [2.05, 4.69) is 15.6 Å². The number of fused-ring (bicyclic) bond motifs is 1. The van der Waals surface area contributed by atoms with E-state index in [4.69, 9.17) is 4.42 Å². The van der Waals surface area contributed by atoms with Crippen LogP contribution < -0.4 is 16.4 Å². The smallest absolute Gasteiger partial charge is 0.408 e. The number of aromatic amines is 1. The first-order valence-electron chi connectivity index (χ1n) is 7.37. The third-order valence-electron chi connectivity index (χ3n) is 3.88. The van der Waals surface area contributed by atoms with Gasteiger partial charge in [0.05, 0.1) is 5.52 Å². The average molecular weight is 289 g/mol. The standard InChI is InChI=1S/C15H19N3O3/c19-14(17-11-4-2-1-3-5-11)16-9-10-6-7-12-13(8-10)21-15(20)18-12/h6-8,11H,1-5,9H2,(H,18,20)(H2,16,17,19). The molecule has 3 N–H and O–H groups in total. The summed E-state index contributed by atoms with van der Waals surface area (Å²) >= 11 is 0. The molecule has 1 heterocycles. The lowest BCUT2D eigenvalue weighted by Crippen LogP contribution is -2.42. The molecular formula is C15H19N3O3. The fraction of sp³-hybridized carbons (Fsp3) is 0.467. The van der Waals surface area contributed by atoms with Crippen molar-refractivity contribution >= 4 is 17.1 Å². The van der Waals surface area contributed by atoms with Gasteiger partial charge < -0.3 is 15.1 Å². The maximum Gasteiger partial charge on any atom is 0.417 e. The van der Waals surface area contributed by atoms with E-state index in [0.717, 1.165) is 18.4 Å². The Morgan fingerprint density at radius 2 is 2.10 bits per heavy atom. The van der Waals surface area contributed by atoms with Gasteiger partial charge in [-0.05, 0) is 30.5 Å². The second kappa shape index (κ2) is 6.03. The summed E-state index contributed by atoms with van der Waals surface area (Å²) in [6, 6.07) is 5.54. The summed E-state index contributed by atoms with van der Waals surface area (Å²) in [6.07, 6.45) is 5.77. The van der Waals surface area contributed by atoms with Crippen LogP contribution in [0.5, 0.6) is 0 Å². The van der Waals surface area contributed by atoms with Gasteiger partial charge >= 0.3 is 11.8 Å². The summed E-state index contributed by atoms with van der Waals surface area (Å²) < 4.78 is 5.00. The van der Waals surface area contributed by atoms with Crippen LogP contribution in [0.15, 0.2) is 27.4 Å². The summed E-state index contributed by atoms with van der Waals surface area (Å²) in [6.45, 7) is 0.406. The van der Waals surface area contributed by atoms with E-state index in [1.165, 1.54) is 19.3 Å². The van der Waals surface area contributed by atoms with Gasteiger partial charge in [0, 0.05) is 12.6 Å². The van der Waals surface area contributed by atoms with Crippen molar-refractivity contribution in [3.05, 3.63) is 34.3 Å². The van der Waals surface area contributed by atoms with Gasteiger partial charge in [-0.25, -0.2) is 9.59 Å². The predicted molar refractivity (Wildman–Crippen MR) is 79.1 cm³/mol. The van der Waals surface area contributed by atoms with Gasteiger partial charge in [-0.2, -0.15) is 0 Å². The Hall–Kier alpha value is -2.24. The number of hydrogen-bond donors (Lipinski definition) is 3. The van der Waals surface area contributed by atoms with Crippen molar-refractivity contribution < 1.29 is 9.21 Å². The Kier molecular flexibility index (Phi) is 3.94. The maximum absolute atomic E-state index is 11.9. The molecular weight excluding hydrogens is 270 g/mol. The second-order valence-electron chi connectivity index (χ2n) is 5.51. The molecule has 1 aromatic heterocycles. The van der Waals surface area contributed by atoms with Gasteiger partial charge in [-0.1, -0.05) is 25.3 Å². The molecule has 0 radical (unpaired) electrons. The second-order valence-corrected chi connectivity index (χ2v) is 5.51. The minimum atomic E-state index is -0.467. The van der Waals surface area contributed by atoms with Gasteiger partial charge in [0.25, 0.3) is 0 Å². The largest absolute Gasteiger partial charge is 0.417 e. The minimum Gasteiger partial charge on any atom is -0.408 e. The van der Waals surface area contributed by atoms with E-state index in [0.29, 0.717) is 23.7 Å². The Bertz CT molecular complexity index is 683. The number of benzene rings is 1. The van der Waals surface area contributed by atoms with Gasteiger partial charge in [-0.15, -0.1) is 0 Å². The molecule has 1 aromatic carbocycles. The van der Waals surface area contributed by atoms with E-state index in [1.54, 1.807) is 12.1 Å². The zero-order chi connectivity index (χ0) is 14.7. The lowest BCUT2D eigenvalue weighted by atomic mass is 9.96. The average Bonchev–Trinajstić information content (AvgIpc) is 2.85. The van der Waals surface area contributed by atoms with Crippen molar-refractivity contribution in [2.24, 2.45) is 0 Å². The highest BCUT2D eigenvalue weighted by Crippen LogP contribution is 2.17. The lowest BCUT2D eigenvalue weighted by Gasteiger charge is -2.22. The predicted octanol–water partition coefficient (Wildman–Crippen LogP) is 2.25. The number of hydrogen-bond acceptors (Lipinski definition) is 3. The molecule has 2 amide bonds. The first-order valence-corrected chi connectivity index (χ1v) is 7.37. The van der Waals surface area contributed by atoms with Crippen molar-refractivity contribution in [1.82, 2.24) is 15.6 Å². The number of nitrogens with one attached hydrogen (secondary N) is 3. The highest BCUT2D eigenvalue weighted by Gasteiger charge is 2.15. The van der Waals surface area contributed by atoms with Crippen LogP contribution in [0.25, 0.3) is 11.1 Å². The molecule has 3 rings (SSSR count). The third kappa shape index (κ3) is 3.45. The molecule has 0 aliphatic heterocycles. The fourth-order valence-corrected chi connectivity index (χ4v) is 2.77. The molecule has 112 valence electrons. The molecule has 1 saturated carbocycles. The molecule has 2 aromatic rings. The molecule has 1 aliphatic carbocycles. The van der Waals surface area contributed by atoms with Crippen molar-refractivity contribution in [1.29, 1.82) is 0 Å². The van der Waals surface area contributed by atoms with Gasteiger partial charge in [0.15, 0.2) is 5.58 Å². The van der Waals surface area contributed by atoms with Crippen molar-refractivity contribution in [3.8, 4) is 0 Å². The molecule has 0 saturated heterocycles. The molecule has 0 unspecified atom stereocenters. The van der Waals surface area contributed by atoms with Crippen LogP contribution in [-0.4, -0.2) is 17.1 Å². The highest BCUT2D eigenvalue weighted by atomic mass is 16.4. The number of oxazole rings is 1. The van der Waals surface area contributed by atoms with E-state index >= 15 is 0 Å². The van der Waals surface area contributed by atoms with E-state index in [9.17, 15) is 9.59 Å². The summed E-state index contributed by atoms with van der Waals surface area (Å²) in [5, 5.41) is 5.84. The number of H-pyrrole nitrogens is 1. The summed E-state index contributed by atoms with van der Waals surface area (Å²) in [5.41, 5.74) is 2.06. The topological polar surface area (TPSA) is 87.1 Å². The fourth-order valence-electron chi connectivity index (χ4n) is 2.77. The van der Waals surface area contributed by atoms with Crippen molar-refractivity contribution in [3.63, 3.8) is 0 Å². The highest BCUT2D eigenvalue weighted by molar-refractivity contribution is 5.75. The maximum atomic E-state index is 11.9. The first kappa shape index (κ1) is 13.7. The SMILES string of the molecule is O=C(NCc1ccc2[nH]c(=O)oc2c1)NC1CCCCC1. The first-order chi connectivity index (χ1) is 10.2. The number of aromatic nitrogens is 1. The van der Waals surface area contributed by atoms with Crippen LogP contribution in [0.4, 0.5) is 4.79 Å². The molecule has 6 heteroatoms. The molecule has 0 spiro atoms. The van der Waals surface area contributed by atoms with Crippen molar-refractivity contribution in [2.75, 3.05) is 0 Å². The van der Waals surface area contributed by atoms with Gasteiger partial charge in [0.2, 0.25) is 0 Å².